The van der Waals surface area contributed by atoms with Crippen LogP contribution >= 0.6 is 0 Å². The van der Waals surface area contributed by atoms with E-state index in [9.17, 15) is 13.2 Å². The van der Waals surface area contributed by atoms with Gasteiger partial charge in [-0.3, -0.25) is 0 Å². The number of aromatic nitrogens is 2. The number of nitrogens with two attached hydrogens (primary N) is 1. The quantitative estimate of drug-likeness (QED) is 0.718. The second-order valence-electron chi connectivity index (χ2n) is 5.41. The van der Waals surface area contributed by atoms with Crippen molar-refractivity contribution in [3.8, 4) is 11.5 Å². The Morgan fingerprint density at radius 2 is 1.56 bits per heavy atom. The van der Waals surface area contributed by atoms with E-state index < -0.39 is 12.1 Å². The van der Waals surface area contributed by atoms with Gasteiger partial charge in [0.2, 0.25) is 11.8 Å². The number of carboxylic acid groups (broad SMARTS) is 1. The van der Waals surface area contributed by atoms with Gasteiger partial charge in [-0.05, 0) is 24.1 Å². The molecule has 1 aromatic heterocycles. The molecule has 3 rings (SSSR count). The second kappa shape index (κ2) is 8.95. The smallest absolute Gasteiger partial charge is 0.475 e. The molecule has 0 saturated heterocycles. The van der Waals surface area contributed by atoms with Gasteiger partial charge in [-0.2, -0.15) is 13.2 Å². The van der Waals surface area contributed by atoms with Crippen LogP contribution in [0.15, 0.2) is 65.1 Å². The summed E-state index contributed by atoms with van der Waals surface area (Å²) < 4.78 is 37.4. The minimum atomic E-state index is -5.08. The number of alkyl halides is 3. The van der Waals surface area contributed by atoms with Gasteiger partial charge < -0.3 is 15.3 Å². The van der Waals surface area contributed by atoms with E-state index in [1.807, 2.05) is 60.7 Å². The molecule has 27 heavy (non-hydrogen) atoms. The van der Waals surface area contributed by atoms with Gasteiger partial charge in [0.15, 0.2) is 0 Å². The van der Waals surface area contributed by atoms with Crippen LogP contribution in [-0.4, -0.2) is 27.4 Å². The Labute approximate surface area is 152 Å². The Bertz CT molecular complexity index is 852. The Morgan fingerprint density at radius 1 is 1.04 bits per heavy atom. The van der Waals surface area contributed by atoms with Gasteiger partial charge in [0.1, 0.15) is 0 Å². The Balaban J connectivity index is 0.000000321. The number of hydrogen-bond donors (Lipinski definition) is 2. The molecule has 0 aliphatic carbocycles. The zero-order chi connectivity index (χ0) is 19.9. The molecule has 1 atom stereocenters. The highest BCUT2D eigenvalue weighted by Crippen LogP contribution is 2.21. The summed E-state index contributed by atoms with van der Waals surface area (Å²) in [5, 5.41) is 15.2. The number of halogens is 3. The Morgan fingerprint density at radius 3 is 2.07 bits per heavy atom. The third-order valence-electron chi connectivity index (χ3n) is 3.32. The van der Waals surface area contributed by atoms with E-state index in [-0.39, 0.29) is 6.04 Å². The minimum absolute atomic E-state index is 0.289. The summed E-state index contributed by atoms with van der Waals surface area (Å²) in [4.78, 5) is 8.90. The molecular weight excluding hydrogens is 363 g/mol. The third-order valence-corrected chi connectivity index (χ3v) is 3.32. The molecule has 0 bridgehead atoms. The number of carboxylic acids is 1. The lowest BCUT2D eigenvalue weighted by Crippen LogP contribution is -2.21. The van der Waals surface area contributed by atoms with Crippen molar-refractivity contribution in [3.63, 3.8) is 0 Å². The van der Waals surface area contributed by atoms with Gasteiger partial charge in [0, 0.05) is 5.56 Å². The largest absolute Gasteiger partial charge is 0.490 e. The molecule has 6 nitrogen and oxygen atoms in total. The summed E-state index contributed by atoms with van der Waals surface area (Å²) in [6.07, 6.45) is -4.41. The first kappa shape index (κ1) is 20.1. The molecule has 0 radical (unpaired) electrons. The van der Waals surface area contributed by atoms with Gasteiger partial charge >= 0.3 is 12.1 Å². The standard InChI is InChI=1S/C16H15N3O.C2HF3O2/c17-14(11-12-7-3-1-4-8-12)16-19-18-15(20-16)13-9-5-2-6-10-13;3-2(4,5)1(6)7/h1-10,14H,11,17H2;(H,6,7)/t14-;/m0./s1. The highest BCUT2D eigenvalue weighted by Gasteiger charge is 2.38. The predicted molar refractivity (Wildman–Crippen MR) is 90.5 cm³/mol. The van der Waals surface area contributed by atoms with Gasteiger partial charge in [0.25, 0.3) is 0 Å². The SMILES string of the molecule is N[C@@H](Cc1ccccc1)c1nnc(-c2ccccc2)o1.O=C(O)C(F)(F)F. The summed E-state index contributed by atoms with van der Waals surface area (Å²) in [7, 11) is 0. The van der Waals surface area contributed by atoms with Crippen molar-refractivity contribution in [1.29, 1.82) is 0 Å². The second-order valence-corrected chi connectivity index (χ2v) is 5.41. The van der Waals surface area contributed by atoms with Crippen molar-refractivity contribution in [2.45, 2.75) is 18.6 Å². The van der Waals surface area contributed by atoms with Gasteiger partial charge in [0.05, 0.1) is 6.04 Å². The zero-order valence-electron chi connectivity index (χ0n) is 13.9. The fourth-order valence-electron chi connectivity index (χ4n) is 2.04. The molecule has 0 unspecified atom stereocenters. The molecule has 0 fully saturated rings. The summed E-state index contributed by atoms with van der Waals surface area (Å²) in [5.41, 5.74) is 8.18. The van der Waals surface area contributed by atoms with Gasteiger partial charge in [-0.25, -0.2) is 4.79 Å². The molecule has 0 spiro atoms. The summed E-state index contributed by atoms with van der Waals surface area (Å²) in [5.74, 6) is -1.79. The molecule has 1 heterocycles. The van der Waals surface area contributed by atoms with E-state index in [0.29, 0.717) is 18.2 Å². The van der Waals surface area contributed by atoms with Crippen LogP contribution < -0.4 is 5.73 Å². The zero-order valence-corrected chi connectivity index (χ0v) is 13.9. The van der Waals surface area contributed by atoms with Crippen LogP contribution in [0.25, 0.3) is 11.5 Å². The lowest BCUT2D eigenvalue weighted by atomic mass is 10.1. The number of hydrogen-bond acceptors (Lipinski definition) is 5. The lowest BCUT2D eigenvalue weighted by Gasteiger charge is -2.06. The average molecular weight is 379 g/mol. The number of nitrogens with zero attached hydrogens (tertiary/aromatic N) is 2. The molecule has 0 amide bonds. The summed E-state index contributed by atoms with van der Waals surface area (Å²) in [6, 6.07) is 19.4. The summed E-state index contributed by atoms with van der Waals surface area (Å²) in [6.45, 7) is 0. The summed E-state index contributed by atoms with van der Waals surface area (Å²) >= 11 is 0. The van der Waals surface area contributed by atoms with E-state index in [4.69, 9.17) is 20.1 Å². The molecule has 0 aliphatic heterocycles. The lowest BCUT2D eigenvalue weighted by molar-refractivity contribution is -0.192. The highest BCUT2D eigenvalue weighted by atomic mass is 19.4. The Hall–Kier alpha value is -3.20. The first-order valence-corrected chi connectivity index (χ1v) is 7.76. The molecule has 0 aliphatic rings. The van der Waals surface area contributed by atoms with Crippen molar-refractivity contribution >= 4 is 5.97 Å². The van der Waals surface area contributed by atoms with Crippen molar-refractivity contribution in [3.05, 3.63) is 72.1 Å². The van der Waals surface area contributed by atoms with Crippen LogP contribution in [0.1, 0.15) is 17.5 Å². The minimum Gasteiger partial charge on any atom is -0.475 e. The van der Waals surface area contributed by atoms with Crippen molar-refractivity contribution in [1.82, 2.24) is 10.2 Å². The van der Waals surface area contributed by atoms with Crippen LogP contribution in [0, 0.1) is 0 Å². The van der Waals surface area contributed by atoms with Crippen LogP contribution in [-0.2, 0) is 11.2 Å². The Kier molecular flexibility index (Phi) is 6.67. The van der Waals surface area contributed by atoms with Crippen molar-refractivity contribution in [2.75, 3.05) is 0 Å². The fourth-order valence-corrected chi connectivity index (χ4v) is 2.04. The van der Waals surface area contributed by atoms with Crippen molar-refractivity contribution in [2.24, 2.45) is 5.73 Å². The number of rotatable bonds is 4. The topological polar surface area (TPSA) is 102 Å². The fraction of sp³-hybridized carbons (Fsp3) is 0.167. The van der Waals surface area contributed by atoms with E-state index >= 15 is 0 Å². The maximum atomic E-state index is 10.6. The molecule has 3 aromatic rings. The van der Waals surface area contributed by atoms with Gasteiger partial charge in [-0.1, -0.05) is 48.5 Å². The van der Waals surface area contributed by atoms with Crippen LogP contribution in [0.4, 0.5) is 13.2 Å². The van der Waals surface area contributed by atoms with Crippen LogP contribution in [0.2, 0.25) is 0 Å². The van der Waals surface area contributed by atoms with E-state index in [2.05, 4.69) is 10.2 Å². The first-order chi connectivity index (χ1) is 12.8. The van der Waals surface area contributed by atoms with E-state index in [1.54, 1.807) is 0 Å². The number of aliphatic carboxylic acids is 1. The van der Waals surface area contributed by atoms with Crippen molar-refractivity contribution < 1.29 is 27.5 Å². The predicted octanol–water partition coefficient (Wildman–Crippen LogP) is 3.61. The third kappa shape index (κ3) is 6.23. The molecule has 0 saturated carbocycles. The first-order valence-electron chi connectivity index (χ1n) is 7.76. The van der Waals surface area contributed by atoms with E-state index in [1.165, 1.54) is 0 Å². The highest BCUT2D eigenvalue weighted by molar-refractivity contribution is 5.73. The monoisotopic (exact) mass is 379 g/mol. The van der Waals surface area contributed by atoms with Crippen LogP contribution in [0.3, 0.4) is 0 Å². The van der Waals surface area contributed by atoms with E-state index in [0.717, 1.165) is 11.1 Å². The maximum Gasteiger partial charge on any atom is 0.490 e. The number of benzene rings is 2. The molecule has 2 aromatic carbocycles. The number of carbonyl (C=O) groups is 1. The normalized spacial score (nSPS) is 12.0. The molecule has 3 N–H and O–H groups in total. The van der Waals surface area contributed by atoms with Gasteiger partial charge in [-0.15, -0.1) is 10.2 Å². The maximum absolute atomic E-state index is 10.6. The average Bonchev–Trinajstić information content (AvgIpc) is 3.13. The molecule has 142 valence electrons. The molecule has 9 heteroatoms. The molecular formula is C18H16F3N3O3. The van der Waals surface area contributed by atoms with Crippen LogP contribution in [0.5, 0.6) is 0 Å².